The zero-order valence-electron chi connectivity index (χ0n) is 18.2. The Bertz CT molecular complexity index is 1210. The first kappa shape index (κ1) is 22.6. The molecule has 0 aliphatic carbocycles. The number of hydrogen-bond acceptors (Lipinski definition) is 5. The number of carbonyl (C=O) groups excluding carboxylic acids is 1. The van der Waals surface area contributed by atoms with Crippen LogP contribution in [0.4, 0.5) is 0 Å². The Labute approximate surface area is 196 Å². The third-order valence-corrected chi connectivity index (χ3v) is 5.70. The average molecular weight is 467 g/mol. The Morgan fingerprint density at radius 3 is 2.52 bits per heavy atom. The molecule has 0 radical (unpaired) electrons. The molecular weight excluding hydrogens is 444 g/mol. The molecule has 0 saturated heterocycles. The van der Waals surface area contributed by atoms with E-state index in [1.807, 2.05) is 44.2 Å². The minimum absolute atomic E-state index is 0.165. The van der Waals surface area contributed by atoms with Gasteiger partial charge in [-0.2, -0.15) is 0 Å². The van der Waals surface area contributed by atoms with E-state index in [0.29, 0.717) is 34.3 Å². The number of pyridine rings is 1. The summed E-state index contributed by atoms with van der Waals surface area (Å²) in [6.45, 7) is 3.45. The molecule has 170 valence electrons. The van der Waals surface area contributed by atoms with Gasteiger partial charge in [-0.15, -0.1) is 0 Å². The predicted octanol–water partition coefficient (Wildman–Crippen LogP) is 4.33. The maximum Gasteiger partial charge on any atom is 0.341 e. The van der Waals surface area contributed by atoms with Gasteiger partial charge in [-0.3, -0.25) is 9.78 Å². The van der Waals surface area contributed by atoms with Crippen LogP contribution in [0.3, 0.4) is 0 Å². The lowest BCUT2D eigenvalue weighted by Gasteiger charge is -2.27. The van der Waals surface area contributed by atoms with Crippen LogP contribution in [0.5, 0.6) is 11.5 Å². The number of fused-ring (bicyclic) bond motifs is 1. The van der Waals surface area contributed by atoms with E-state index in [4.69, 9.17) is 26.2 Å². The van der Waals surface area contributed by atoms with Gasteiger partial charge in [-0.1, -0.05) is 35.9 Å². The summed E-state index contributed by atoms with van der Waals surface area (Å²) in [6.07, 6.45) is 0. The zero-order chi connectivity index (χ0) is 23.5. The van der Waals surface area contributed by atoms with Crippen LogP contribution in [0.25, 0.3) is 0 Å². The number of carboxylic acid groups (broad SMARTS) is 1. The van der Waals surface area contributed by atoms with E-state index in [1.165, 1.54) is 0 Å². The number of benzene rings is 2. The Morgan fingerprint density at radius 2 is 1.76 bits per heavy atom. The molecule has 1 aliphatic rings. The van der Waals surface area contributed by atoms with Crippen molar-refractivity contribution in [3.8, 4) is 11.5 Å². The molecule has 2 heterocycles. The number of hydrogen-bond donors (Lipinski definition) is 1. The van der Waals surface area contributed by atoms with Crippen LogP contribution in [-0.2, 0) is 16.1 Å². The summed E-state index contributed by atoms with van der Waals surface area (Å²) >= 11 is 6.28. The highest BCUT2D eigenvalue weighted by atomic mass is 35.5. The SMILES string of the molecule is Cc1ccc(OCC(=O)N2Cc3ccccc3C2c2cc(Cl)ccc2OCC(=O)O)c(C)n1. The number of aromatic nitrogens is 1. The second kappa shape index (κ2) is 9.50. The molecule has 4 rings (SSSR count). The van der Waals surface area contributed by atoms with Crippen molar-refractivity contribution in [3.05, 3.63) is 87.7 Å². The van der Waals surface area contributed by atoms with Crippen molar-refractivity contribution in [2.24, 2.45) is 0 Å². The molecule has 0 fully saturated rings. The topological polar surface area (TPSA) is 89.0 Å². The number of halogens is 1. The highest BCUT2D eigenvalue weighted by Crippen LogP contribution is 2.43. The number of amides is 1. The van der Waals surface area contributed by atoms with Gasteiger partial charge in [0.25, 0.3) is 5.91 Å². The molecule has 1 amide bonds. The largest absolute Gasteiger partial charge is 0.482 e. The highest BCUT2D eigenvalue weighted by Gasteiger charge is 2.36. The first-order chi connectivity index (χ1) is 15.8. The van der Waals surface area contributed by atoms with Gasteiger partial charge in [0.1, 0.15) is 11.5 Å². The third-order valence-electron chi connectivity index (χ3n) is 5.47. The van der Waals surface area contributed by atoms with Crippen molar-refractivity contribution in [2.45, 2.75) is 26.4 Å². The molecule has 7 nitrogen and oxygen atoms in total. The second-order valence-electron chi connectivity index (χ2n) is 7.81. The van der Waals surface area contributed by atoms with Crippen LogP contribution in [0.1, 0.15) is 34.1 Å². The summed E-state index contributed by atoms with van der Waals surface area (Å²) in [5, 5.41) is 9.52. The van der Waals surface area contributed by atoms with E-state index < -0.39 is 18.6 Å². The van der Waals surface area contributed by atoms with Crippen LogP contribution in [0.2, 0.25) is 5.02 Å². The number of carboxylic acids is 1. The fourth-order valence-corrected chi connectivity index (χ4v) is 4.19. The average Bonchev–Trinajstić information content (AvgIpc) is 3.17. The van der Waals surface area contributed by atoms with Crippen LogP contribution in [0, 0.1) is 13.8 Å². The molecular formula is C25H23ClN2O5. The molecule has 8 heteroatoms. The maximum atomic E-state index is 13.3. The summed E-state index contributed by atoms with van der Waals surface area (Å²) in [4.78, 5) is 30.5. The van der Waals surface area contributed by atoms with Gasteiger partial charge in [0.2, 0.25) is 0 Å². The van der Waals surface area contributed by atoms with Crippen molar-refractivity contribution in [2.75, 3.05) is 13.2 Å². The molecule has 0 bridgehead atoms. The molecule has 2 aromatic carbocycles. The van der Waals surface area contributed by atoms with E-state index in [1.54, 1.807) is 29.2 Å². The molecule has 0 spiro atoms. The number of nitrogens with zero attached hydrogens (tertiary/aromatic N) is 2. The Hall–Kier alpha value is -3.58. The number of ether oxygens (including phenoxy) is 2. The van der Waals surface area contributed by atoms with Crippen LogP contribution < -0.4 is 9.47 Å². The lowest BCUT2D eigenvalue weighted by Crippen LogP contribution is -2.34. The quantitative estimate of drug-likeness (QED) is 0.557. The van der Waals surface area contributed by atoms with Crippen LogP contribution in [-0.4, -0.2) is 40.1 Å². The summed E-state index contributed by atoms with van der Waals surface area (Å²) in [5.41, 5.74) is 4.13. The maximum absolute atomic E-state index is 13.3. The van der Waals surface area contributed by atoms with Gasteiger partial charge in [-0.25, -0.2) is 4.79 Å². The number of aryl methyl sites for hydroxylation is 2. The van der Waals surface area contributed by atoms with Crippen molar-refractivity contribution in [1.29, 1.82) is 0 Å². The molecule has 0 saturated carbocycles. The molecule has 1 N–H and O–H groups in total. The predicted molar refractivity (Wildman–Crippen MR) is 123 cm³/mol. The van der Waals surface area contributed by atoms with Crippen LogP contribution in [0.15, 0.2) is 54.6 Å². The third kappa shape index (κ3) is 4.93. The standard InChI is InChI=1S/C25H23ClN2O5/c1-15-7-9-21(16(2)27-15)32-13-23(29)28-12-17-5-3-4-6-19(17)25(28)20-11-18(26)8-10-22(20)33-14-24(30)31/h3-11,25H,12-14H2,1-2H3,(H,30,31). The van der Waals surface area contributed by atoms with E-state index in [0.717, 1.165) is 16.8 Å². The molecule has 1 aromatic heterocycles. The minimum atomic E-state index is -1.09. The highest BCUT2D eigenvalue weighted by molar-refractivity contribution is 6.30. The lowest BCUT2D eigenvalue weighted by atomic mass is 9.97. The van der Waals surface area contributed by atoms with Gasteiger partial charge in [0.15, 0.2) is 13.2 Å². The molecule has 1 atom stereocenters. The van der Waals surface area contributed by atoms with Gasteiger partial charge < -0.3 is 19.5 Å². The van der Waals surface area contributed by atoms with Gasteiger partial charge in [-0.05, 0) is 55.3 Å². The fraction of sp³-hybridized carbons (Fsp3) is 0.240. The van der Waals surface area contributed by atoms with Crippen molar-refractivity contribution >= 4 is 23.5 Å². The normalized spacial score (nSPS) is 14.6. The van der Waals surface area contributed by atoms with E-state index >= 15 is 0 Å². The molecule has 1 aliphatic heterocycles. The van der Waals surface area contributed by atoms with E-state index in [-0.39, 0.29) is 12.5 Å². The van der Waals surface area contributed by atoms with Crippen molar-refractivity contribution < 1.29 is 24.2 Å². The number of aliphatic carboxylic acids is 1. The summed E-state index contributed by atoms with van der Waals surface area (Å²) in [5.74, 6) is -0.400. The summed E-state index contributed by atoms with van der Waals surface area (Å²) in [7, 11) is 0. The second-order valence-corrected chi connectivity index (χ2v) is 8.25. The van der Waals surface area contributed by atoms with E-state index in [2.05, 4.69) is 4.98 Å². The van der Waals surface area contributed by atoms with Gasteiger partial charge in [0, 0.05) is 22.8 Å². The van der Waals surface area contributed by atoms with Crippen molar-refractivity contribution in [3.63, 3.8) is 0 Å². The van der Waals surface area contributed by atoms with Crippen molar-refractivity contribution in [1.82, 2.24) is 9.88 Å². The fourth-order valence-electron chi connectivity index (χ4n) is 4.01. The van der Waals surface area contributed by atoms with E-state index in [9.17, 15) is 9.59 Å². The van der Waals surface area contributed by atoms with Gasteiger partial charge in [0.05, 0.1) is 11.7 Å². The van der Waals surface area contributed by atoms with Crippen LogP contribution >= 0.6 is 11.6 Å². The Morgan fingerprint density at radius 1 is 1.03 bits per heavy atom. The minimum Gasteiger partial charge on any atom is -0.482 e. The lowest BCUT2D eigenvalue weighted by molar-refractivity contribution is -0.139. The molecule has 1 unspecified atom stereocenters. The number of carbonyl (C=O) groups is 2. The molecule has 3 aromatic rings. The summed E-state index contributed by atoms with van der Waals surface area (Å²) in [6, 6.07) is 15.8. The number of rotatable bonds is 7. The molecule has 33 heavy (non-hydrogen) atoms. The zero-order valence-corrected chi connectivity index (χ0v) is 19.0. The van der Waals surface area contributed by atoms with Gasteiger partial charge >= 0.3 is 5.97 Å². The smallest absolute Gasteiger partial charge is 0.341 e. The Kier molecular flexibility index (Phi) is 6.51. The first-order valence-corrected chi connectivity index (χ1v) is 10.8. The Balaban J connectivity index is 1.65. The monoisotopic (exact) mass is 466 g/mol. The summed E-state index contributed by atoms with van der Waals surface area (Å²) < 4.78 is 11.3. The first-order valence-electron chi connectivity index (χ1n) is 10.4.